The van der Waals surface area contributed by atoms with Crippen molar-refractivity contribution in [3.05, 3.63) is 27.7 Å². The largest absolute Gasteiger partial charge is 0.491 e. The molecule has 0 fully saturated rings. The lowest BCUT2D eigenvalue weighted by Crippen LogP contribution is -2.07. The summed E-state index contributed by atoms with van der Waals surface area (Å²) in [5.74, 6) is -0.437. The van der Waals surface area contributed by atoms with Gasteiger partial charge in [-0.25, -0.2) is 4.79 Å². The van der Waals surface area contributed by atoms with Gasteiger partial charge in [0.05, 0.1) is 11.6 Å². The molecule has 0 heterocycles. The lowest BCUT2D eigenvalue weighted by atomic mass is 10.1. The summed E-state index contributed by atoms with van der Waals surface area (Å²) < 4.78 is 5.42. The van der Waals surface area contributed by atoms with E-state index in [4.69, 9.17) is 33.0 Å². The molecule has 0 aliphatic carbocycles. The molecule has 0 radical (unpaired) electrons. The average Bonchev–Trinajstić information content (AvgIpc) is 2.19. The van der Waals surface area contributed by atoms with Crippen molar-refractivity contribution in [2.45, 2.75) is 20.3 Å². The van der Waals surface area contributed by atoms with Gasteiger partial charge in [0.1, 0.15) is 5.56 Å². The van der Waals surface area contributed by atoms with E-state index in [9.17, 15) is 4.79 Å². The normalized spacial score (nSPS) is 10.6. The highest BCUT2D eigenvalue weighted by Gasteiger charge is 2.16. The molecule has 0 unspecified atom stereocenters. The monoisotopic (exact) mass is 276 g/mol. The van der Waals surface area contributed by atoms with Crippen LogP contribution >= 0.6 is 23.2 Å². The van der Waals surface area contributed by atoms with Gasteiger partial charge in [0.15, 0.2) is 5.75 Å². The molecule has 3 nitrogen and oxygen atoms in total. The van der Waals surface area contributed by atoms with Crippen LogP contribution in [-0.4, -0.2) is 17.7 Å². The highest BCUT2D eigenvalue weighted by molar-refractivity contribution is 6.36. The van der Waals surface area contributed by atoms with E-state index in [1.807, 2.05) is 0 Å². The summed E-state index contributed by atoms with van der Waals surface area (Å²) in [5.41, 5.74) is -0.00810. The van der Waals surface area contributed by atoms with E-state index in [-0.39, 0.29) is 21.4 Å². The number of rotatable bonds is 5. The molecule has 0 atom stereocenters. The molecular weight excluding hydrogens is 263 g/mol. The van der Waals surface area contributed by atoms with Gasteiger partial charge in [-0.1, -0.05) is 37.0 Å². The Balaban J connectivity index is 2.92. The average molecular weight is 277 g/mol. The molecule has 0 aliphatic rings. The van der Waals surface area contributed by atoms with E-state index in [0.29, 0.717) is 12.5 Å². The Morgan fingerprint density at radius 1 is 1.41 bits per heavy atom. The standard InChI is InChI=1S/C12H14Cl2O3/c1-7(2)3-4-17-11-9(12(15)16)5-8(13)6-10(11)14/h5-7H,3-4H2,1-2H3,(H,15,16). The Morgan fingerprint density at radius 2 is 2.06 bits per heavy atom. The van der Waals surface area contributed by atoms with E-state index >= 15 is 0 Å². The Kier molecular flexibility index (Phi) is 5.09. The number of carbonyl (C=O) groups is 1. The summed E-state index contributed by atoms with van der Waals surface area (Å²) in [5, 5.41) is 9.53. The van der Waals surface area contributed by atoms with Crippen LogP contribution < -0.4 is 4.74 Å². The molecule has 0 saturated carbocycles. The fourth-order valence-electron chi connectivity index (χ4n) is 1.26. The van der Waals surface area contributed by atoms with E-state index in [0.717, 1.165) is 6.42 Å². The van der Waals surface area contributed by atoms with Crippen LogP contribution in [-0.2, 0) is 0 Å². The van der Waals surface area contributed by atoms with Crippen molar-refractivity contribution in [1.82, 2.24) is 0 Å². The Labute approximate surface area is 110 Å². The first-order valence-corrected chi connectivity index (χ1v) is 6.02. The predicted molar refractivity (Wildman–Crippen MR) is 68.4 cm³/mol. The molecule has 1 aromatic carbocycles. The quantitative estimate of drug-likeness (QED) is 0.880. The van der Waals surface area contributed by atoms with Crippen molar-refractivity contribution in [1.29, 1.82) is 0 Å². The van der Waals surface area contributed by atoms with Crippen LogP contribution in [0.25, 0.3) is 0 Å². The van der Waals surface area contributed by atoms with Crippen molar-refractivity contribution < 1.29 is 14.6 Å². The predicted octanol–water partition coefficient (Wildman–Crippen LogP) is 4.12. The highest BCUT2D eigenvalue weighted by atomic mass is 35.5. The molecule has 0 spiro atoms. The summed E-state index contributed by atoms with van der Waals surface area (Å²) in [6.45, 7) is 4.55. The smallest absolute Gasteiger partial charge is 0.339 e. The number of hydrogen-bond donors (Lipinski definition) is 1. The van der Waals surface area contributed by atoms with Gasteiger partial charge in [-0.2, -0.15) is 0 Å². The van der Waals surface area contributed by atoms with Gasteiger partial charge in [-0.3, -0.25) is 0 Å². The number of hydrogen-bond acceptors (Lipinski definition) is 2. The third-order valence-electron chi connectivity index (χ3n) is 2.18. The summed E-state index contributed by atoms with van der Waals surface area (Å²) >= 11 is 11.7. The zero-order valence-electron chi connectivity index (χ0n) is 9.67. The minimum Gasteiger partial charge on any atom is -0.491 e. The SMILES string of the molecule is CC(C)CCOc1c(Cl)cc(Cl)cc1C(=O)O. The van der Waals surface area contributed by atoms with Crippen molar-refractivity contribution >= 4 is 29.2 Å². The van der Waals surface area contributed by atoms with Gasteiger partial charge in [0.25, 0.3) is 0 Å². The molecule has 1 rings (SSSR count). The summed E-state index contributed by atoms with van der Waals surface area (Å²) in [6, 6.07) is 2.81. The fraction of sp³-hybridized carbons (Fsp3) is 0.417. The molecule has 5 heteroatoms. The maximum atomic E-state index is 11.0. The second kappa shape index (κ2) is 6.12. The number of ether oxygens (including phenoxy) is 1. The molecule has 0 aromatic heterocycles. The molecular formula is C12H14Cl2O3. The zero-order valence-corrected chi connectivity index (χ0v) is 11.2. The molecule has 1 aromatic rings. The Morgan fingerprint density at radius 3 is 2.59 bits per heavy atom. The summed E-state index contributed by atoms with van der Waals surface area (Å²) in [7, 11) is 0. The third-order valence-corrected chi connectivity index (χ3v) is 2.68. The van der Waals surface area contributed by atoms with Gasteiger partial charge in [0, 0.05) is 5.02 Å². The molecule has 94 valence electrons. The number of aromatic carboxylic acids is 1. The van der Waals surface area contributed by atoms with Crippen LogP contribution in [0.2, 0.25) is 10.0 Å². The topological polar surface area (TPSA) is 46.5 Å². The van der Waals surface area contributed by atoms with Crippen LogP contribution in [0.4, 0.5) is 0 Å². The molecule has 0 aliphatic heterocycles. The van der Waals surface area contributed by atoms with E-state index in [1.54, 1.807) is 0 Å². The first-order chi connectivity index (χ1) is 7.91. The number of halogens is 2. The minimum atomic E-state index is -1.10. The van der Waals surface area contributed by atoms with Crippen molar-refractivity contribution in [3.8, 4) is 5.75 Å². The first kappa shape index (κ1) is 14.1. The zero-order chi connectivity index (χ0) is 13.0. The number of carboxylic acids is 1. The second-order valence-corrected chi connectivity index (χ2v) is 4.94. The van der Waals surface area contributed by atoms with Gasteiger partial charge < -0.3 is 9.84 Å². The third kappa shape index (κ3) is 4.10. The van der Waals surface area contributed by atoms with E-state index in [1.165, 1.54) is 12.1 Å². The van der Waals surface area contributed by atoms with Gasteiger partial charge in [-0.05, 0) is 24.5 Å². The van der Waals surface area contributed by atoms with Gasteiger partial charge >= 0.3 is 5.97 Å². The van der Waals surface area contributed by atoms with E-state index < -0.39 is 5.97 Å². The molecule has 17 heavy (non-hydrogen) atoms. The molecule has 0 amide bonds. The molecule has 0 saturated heterocycles. The van der Waals surface area contributed by atoms with E-state index in [2.05, 4.69) is 13.8 Å². The van der Waals surface area contributed by atoms with Crippen LogP contribution in [0.15, 0.2) is 12.1 Å². The van der Waals surface area contributed by atoms with Crippen molar-refractivity contribution in [2.24, 2.45) is 5.92 Å². The lowest BCUT2D eigenvalue weighted by molar-refractivity contribution is 0.0692. The number of carboxylic acid groups (broad SMARTS) is 1. The van der Waals surface area contributed by atoms with Crippen molar-refractivity contribution in [3.63, 3.8) is 0 Å². The fourth-order valence-corrected chi connectivity index (χ4v) is 1.81. The lowest BCUT2D eigenvalue weighted by Gasteiger charge is -2.12. The van der Waals surface area contributed by atoms with Crippen molar-refractivity contribution in [2.75, 3.05) is 6.61 Å². The van der Waals surface area contributed by atoms with Crippen LogP contribution in [0.5, 0.6) is 5.75 Å². The Hall–Kier alpha value is -0.930. The Bertz CT molecular complexity index is 416. The molecule has 0 bridgehead atoms. The van der Waals surface area contributed by atoms with Crippen LogP contribution in [0.3, 0.4) is 0 Å². The van der Waals surface area contributed by atoms with Gasteiger partial charge in [-0.15, -0.1) is 0 Å². The second-order valence-electron chi connectivity index (χ2n) is 4.10. The summed E-state index contributed by atoms with van der Waals surface area (Å²) in [4.78, 5) is 11.0. The highest BCUT2D eigenvalue weighted by Crippen LogP contribution is 2.32. The first-order valence-electron chi connectivity index (χ1n) is 5.27. The van der Waals surface area contributed by atoms with Crippen LogP contribution in [0.1, 0.15) is 30.6 Å². The number of benzene rings is 1. The maximum absolute atomic E-state index is 11.0. The minimum absolute atomic E-state index is 0.00810. The van der Waals surface area contributed by atoms with Crippen LogP contribution in [0, 0.1) is 5.92 Å². The maximum Gasteiger partial charge on any atom is 0.339 e. The molecule has 1 N–H and O–H groups in total. The summed E-state index contributed by atoms with van der Waals surface area (Å²) in [6.07, 6.45) is 0.831. The van der Waals surface area contributed by atoms with Gasteiger partial charge in [0.2, 0.25) is 0 Å².